The van der Waals surface area contributed by atoms with Gasteiger partial charge in [0.2, 0.25) is 0 Å². The number of aromatic nitrogens is 2. The van der Waals surface area contributed by atoms with Gasteiger partial charge in [0, 0.05) is 30.2 Å². The average Bonchev–Trinajstić information content (AvgIpc) is 2.74. The van der Waals surface area contributed by atoms with Gasteiger partial charge in [0.05, 0.1) is 24.3 Å². The summed E-state index contributed by atoms with van der Waals surface area (Å²) in [4.78, 5) is 10.9. The van der Waals surface area contributed by atoms with Crippen LogP contribution in [0, 0.1) is 5.82 Å². The van der Waals surface area contributed by atoms with Crippen LogP contribution < -0.4 is 14.8 Å². The summed E-state index contributed by atoms with van der Waals surface area (Å²) in [5, 5.41) is 3.91. The standard InChI is InChI=1S/C21H22ClFN4O3/c1-27-5-6-29-14(10-27)11-30-20-9-18-15(8-19(20)28-2)21(25-12-24-18)26-13-3-4-17(23)16(22)7-13/h3-4,7-9,12,14H,5-6,10-11H2,1-2H3,(H,24,25,26). The molecule has 1 unspecified atom stereocenters. The molecule has 1 fully saturated rings. The Morgan fingerprint density at radius 1 is 1.27 bits per heavy atom. The number of hydrogen-bond donors (Lipinski definition) is 1. The Labute approximate surface area is 178 Å². The molecule has 30 heavy (non-hydrogen) atoms. The zero-order valence-corrected chi connectivity index (χ0v) is 17.4. The molecule has 3 aromatic rings. The molecule has 9 heteroatoms. The fourth-order valence-electron chi connectivity index (χ4n) is 3.30. The molecule has 1 aliphatic rings. The number of nitrogens with one attached hydrogen (secondary N) is 1. The minimum Gasteiger partial charge on any atom is -0.493 e. The lowest BCUT2D eigenvalue weighted by atomic mass is 10.2. The summed E-state index contributed by atoms with van der Waals surface area (Å²) in [6.07, 6.45) is 1.45. The fraction of sp³-hybridized carbons (Fsp3) is 0.333. The monoisotopic (exact) mass is 432 g/mol. The largest absolute Gasteiger partial charge is 0.493 e. The second kappa shape index (κ2) is 8.99. The van der Waals surface area contributed by atoms with Gasteiger partial charge >= 0.3 is 0 Å². The highest BCUT2D eigenvalue weighted by Gasteiger charge is 2.20. The second-order valence-electron chi connectivity index (χ2n) is 7.06. The first-order valence-corrected chi connectivity index (χ1v) is 9.89. The fourth-order valence-corrected chi connectivity index (χ4v) is 3.48. The van der Waals surface area contributed by atoms with Crippen molar-refractivity contribution in [2.75, 3.05) is 45.8 Å². The van der Waals surface area contributed by atoms with E-state index in [0.717, 1.165) is 18.5 Å². The Morgan fingerprint density at radius 3 is 2.90 bits per heavy atom. The summed E-state index contributed by atoms with van der Waals surface area (Å²) in [7, 11) is 3.64. The SMILES string of the molecule is COc1cc2c(Nc3ccc(F)c(Cl)c3)ncnc2cc1OCC1CN(C)CCO1. The molecule has 1 N–H and O–H groups in total. The molecule has 1 saturated heterocycles. The number of nitrogens with zero attached hydrogens (tertiary/aromatic N) is 3. The highest BCUT2D eigenvalue weighted by atomic mass is 35.5. The number of morpholine rings is 1. The molecule has 1 aromatic heterocycles. The third kappa shape index (κ3) is 4.56. The molecule has 2 aromatic carbocycles. The highest BCUT2D eigenvalue weighted by molar-refractivity contribution is 6.31. The number of benzene rings is 2. The maximum atomic E-state index is 13.4. The van der Waals surface area contributed by atoms with Crippen molar-refractivity contribution < 1.29 is 18.6 Å². The van der Waals surface area contributed by atoms with Crippen LogP contribution in [-0.2, 0) is 4.74 Å². The van der Waals surface area contributed by atoms with Crippen LogP contribution in [0.15, 0.2) is 36.7 Å². The number of rotatable bonds is 6. The maximum Gasteiger partial charge on any atom is 0.163 e. The van der Waals surface area contributed by atoms with Crippen LogP contribution in [0.4, 0.5) is 15.9 Å². The zero-order valence-electron chi connectivity index (χ0n) is 16.7. The lowest BCUT2D eigenvalue weighted by Gasteiger charge is -2.30. The van der Waals surface area contributed by atoms with E-state index in [1.165, 1.54) is 18.5 Å². The van der Waals surface area contributed by atoms with Crippen molar-refractivity contribution in [3.05, 3.63) is 47.5 Å². The van der Waals surface area contributed by atoms with Crippen molar-refractivity contribution in [3.8, 4) is 11.5 Å². The number of methoxy groups -OCH3 is 1. The topological polar surface area (TPSA) is 68.7 Å². The van der Waals surface area contributed by atoms with Gasteiger partial charge in [-0.3, -0.25) is 0 Å². The number of halogens is 2. The van der Waals surface area contributed by atoms with Gasteiger partial charge in [-0.1, -0.05) is 11.6 Å². The van der Waals surface area contributed by atoms with Crippen molar-refractivity contribution >= 4 is 34.0 Å². The molecule has 2 heterocycles. The quantitative estimate of drug-likeness (QED) is 0.633. The predicted octanol–water partition coefficient (Wildman–Crippen LogP) is 3.88. The number of likely N-dealkylation sites (N-methyl/N-ethyl adjacent to an activating group) is 1. The van der Waals surface area contributed by atoms with Crippen LogP contribution in [0.25, 0.3) is 10.9 Å². The summed E-state index contributed by atoms with van der Waals surface area (Å²) in [5.74, 6) is 1.20. The first-order chi connectivity index (χ1) is 14.5. The number of hydrogen-bond acceptors (Lipinski definition) is 7. The molecule has 158 valence electrons. The minimum atomic E-state index is -0.480. The number of anilines is 2. The van der Waals surface area contributed by atoms with E-state index in [1.807, 2.05) is 12.1 Å². The van der Waals surface area contributed by atoms with E-state index >= 15 is 0 Å². The van der Waals surface area contributed by atoms with E-state index < -0.39 is 5.82 Å². The summed E-state index contributed by atoms with van der Waals surface area (Å²) < 4.78 is 30.7. The molecule has 7 nitrogen and oxygen atoms in total. The minimum absolute atomic E-state index is 0.00463. The van der Waals surface area contributed by atoms with Gasteiger partial charge < -0.3 is 24.4 Å². The van der Waals surface area contributed by atoms with Crippen LogP contribution in [0.3, 0.4) is 0 Å². The zero-order chi connectivity index (χ0) is 21.1. The molecular formula is C21H22ClFN4O3. The van der Waals surface area contributed by atoms with Crippen LogP contribution >= 0.6 is 11.6 Å². The second-order valence-corrected chi connectivity index (χ2v) is 7.47. The van der Waals surface area contributed by atoms with E-state index in [0.29, 0.717) is 41.7 Å². The molecule has 1 atom stereocenters. The Bertz CT molecular complexity index is 1050. The average molecular weight is 433 g/mol. The van der Waals surface area contributed by atoms with E-state index in [2.05, 4.69) is 27.2 Å². The molecule has 0 spiro atoms. The lowest BCUT2D eigenvalue weighted by molar-refractivity contribution is -0.0406. The summed E-state index contributed by atoms with van der Waals surface area (Å²) in [6, 6.07) is 8.01. The Hall–Kier alpha value is -2.68. The normalized spacial score (nSPS) is 17.1. The van der Waals surface area contributed by atoms with Crippen molar-refractivity contribution in [1.29, 1.82) is 0 Å². The van der Waals surface area contributed by atoms with Gasteiger partial charge in [-0.05, 0) is 31.3 Å². The first-order valence-electron chi connectivity index (χ1n) is 9.51. The smallest absolute Gasteiger partial charge is 0.163 e. The molecule has 0 radical (unpaired) electrons. The van der Waals surface area contributed by atoms with Gasteiger partial charge in [-0.15, -0.1) is 0 Å². The number of ether oxygens (including phenoxy) is 3. The highest BCUT2D eigenvalue weighted by Crippen LogP contribution is 2.35. The van der Waals surface area contributed by atoms with Crippen molar-refractivity contribution in [1.82, 2.24) is 14.9 Å². The third-order valence-corrected chi connectivity index (χ3v) is 5.16. The maximum absolute atomic E-state index is 13.4. The van der Waals surface area contributed by atoms with E-state index in [1.54, 1.807) is 13.2 Å². The van der Waals surface area contributed by atoms with Gasteiger partial charge in [0.15, 0.2) is 11.5 Å². The van der Waals surface area contributed by atoms with Gasteiger partial charge in [0.1, 0.15) is 30.7 Å². The van der Waals surface area contributed by atoms with E-state index in [9.17, 15) is 4.39 Å². The van der Waals surface area contributed by atoms with Gasteiger partial charge in [-0.25, -0.2) is 14.4 Å². The molecule has 0 bridgehead atoms. The van der Waals surface area contributed by atoms with E-state index in [-0.39, 0.29) is 11.1 Å². The van der Waals surface area contributed by atoms with Crippen LogP contribution in [-0.4, -0.2) is 61.4 Å². The van der Waals surface area contributed by atoms with E-state index in [4.69, 9.17) is 25.8 Å². The number of fused-ring (bicyclic) bond motifs is 1. The summed E-state index contributed by atoms with van der Waals surface area (Å²) in [6.45, 7) is 2.83. The molecule has 0 amide bonds. The van der Waals surface area contributed by atoms with Crippen LogP contribution in [0.5, 0.6) is 11.5 Å². The van der Waals surface area contributed by atoms with Crippen LogP contribution in [0.1, 0.15) is 0 Å². The molecule has 4 rings (SSSR count). The lowest BCUT2D eigenvalue weighted by Crippen LogP contribution is -2.42. The summed E-state index contributed by atoms with van der Waals surface area (Å²) in [5.41, 5.74) is 1.29. The van der Waals surface area contributed by atoms with Gasteiger partial charge in [0.25, 0.3) is 0 Å². The molecule has 0 aliphatic carbocycles. The Kier molecular flexibility index (Phi) is 6.17. The third-order valence-electron chi connectivity index (χ3n) is 4.87. The molecule has 0 saturated carbocycles. The van der Waals surface area contributed by atoms with Crippen molar-refractivity contribution in [2.45, 2.75) is 6.10 Å². The molecule has 1 aliphatic heterocycles. The summed E-state index contributed by atoms with van der Waals surface area (Å²) >= 11 is 5.88. The van der Waals surface area contributed by atoms with Crippen molar-refractivity contribution in [3.63, 3.8) is 0 Å². The predicted molar refractivity (Wildman–Crippen MR) is 114 cm³/mol. The molecular weight excluding hydrogens is 411 g/mol. The van der Waals surface area contributed by atoms with Gasteiger partial charge in [-0.2, -0.15) is 0 Å². The van der Waals surface area contributed by atoms with Crippen LogP contribution in [0.2, 0.25) is 5.02 Å². The first kappa shape index (κ1) is 20.6. The Morgan fingerprint density at radius 2 is 2.13 bits per heavy atom. The van der Waals surface area contributed by atoms with Crippen molar-refractivity contribution in [2.24, 2.45) is 0 Å². The Balaban J connectivity index is 1.59.